The first-order valence-electron chi connectivity index (χ1n) is 6.47. The van der Waals surface area contributed by atoms with Crippen molar-refractivity contribution in [3.63, 3.8) is 0 Å². The molecule has 3 aromatic rings. The molecule has 0 aliphatic rings. The van der Waals surface area contributed by atoms with Gasteiger partial charge in [-0.25, -0.2) is 0 Å². The van der Waals surface area contributed by atoms with Crippen molar-refractivity contribution in [3.8, 4) is 0 Å². The molecule has 5 heteroatoms. The van der Waals surface area contributed by atoms with Gasteiger partial charge < -0.3 is 5.11 Å². The number of carboxylic acids is 1. The van der Waals surface area contributed by atoms with Crippen LogP contribution in [0.2, 0.25) is 0 Å². The summed E-state index contributed by atoms with van der Waals surface area (Å²) in [5.74, 6) is -1.40. The van der Waals surface area contributed by atoms with Gasteiger partial charge in [-0.05, 0) is 35.6 Å². The lowest BCUT2D eigenvalue weighted by atomic mass is 9.96. The smallest absolute Gasteiger partial charge is 0.312 e. The molecule has 0 aliphatic heterocycles. The van der Waals surface area contributed by atoms with Crippen LogP contribution < -0.4 is 0 Å². The summed E-state index contributed by atoms with van der Waals surface area (Å²) in [5, 5.41) is 10.6. The summed E-state index contributed by atoms with van der Waals surface area (Å²) in [5.41, 5.74) is 1.85. The van der Waals surface area contributed by atoms with Gasteiger partial charge in [0.2, 0.25) is 0 Å². The molecule has 1 heterocycles. The minimum Gasteiger partial charge on any atom is -0.481 e. The van der Waals surface area contributed by atoms with Crippen molar-refractivity contribution in [2.24, 2.45) is 0 Å². The minimum absolute atomic E-state index is 0.447. The predicted molar refractivity (Wildman–Crippen MR) is 87.8 cm³/mol. The fraction of sp³-hybridized carbons (Fsp3) is 0.125. The van der Waals surface area contributed by atoms with Gasteiger partial charge in [-0.3, -0.25) is 4.79 Å². The number of carbonyl (C=O) groups is 1. The van der Waals surface area contributed by atoms with Crippen LogP contribution in [0.15, 0.2) is 53.0 Å². The highest BCUT2D eigenvalue weighted by molar-refractivity contribution is 9.10. The van der Waals surface area contributed by atoms with Gasteiger partial charge in [-0.15, -0.1) is 0 Å². The number of benzene rings is 2. The standard InChI is InChI=1S/C16H12BrNO2S/c17-13-7-3-1-5-10(13)9-12(16(19)20)15-11-6-2-4-8-14(11)18-21-15/h1-8,12H,9H2,(H,19,20). The lowest BCUT2D eigenvalue weighted by Gasteiger charge is -2.12. The SMILES string of the molecule is O=C(O)C(Cc1ccccc1Br)c1snc2ccccc12. The second kappa shape index (κ2) is 5.95. The number of hydrogen-bond acceptors (Lipinski definition) is 3. The Morgan fingerprint density at radius 3 is 2.67 bits per heavy atom. The quantitative estimate of drug-likeness (QED) is 0.745. The molecule has 21 heavy (non-hydrogen) atoms. The molecule has 0 bridgehead atoms. The zero-order chi connectivity index (χ0) is 14.8. The lowest BCUT2D eigenvalue weighted by molar-refractivity contribution is -0.138. The highest BCUT2D eigenvalue weighted by Crippen LogP contribution is 2.33. The second-order valence-corrected chi connectivity index (χ2v) is 6.41. The Morgan fingerprint density at radius 2 is 1.90 bits per heavy atom. The molecule has 0 spiro atoms. The van der Waals surface area contributed by atoms with Gasteiger partial charge in [0.15, 0.2) is 0 Å². The monoisotopic (exact) mass is 361 g/mol. The van der Waals surface area contributed by atoms with Gasteiger partial charge in [-0.1, -0.05) is 52.3 Å². The van der Waals surface area contributed by atoms with E-state index in [0.29, 0.717) is 6.42 Å². The van der Waals surface area contributed by atoms with E-state index in [-0.39, 0.29) is 0 Å². The molecule has 3 nitrogen and oxygen atoms in total. The Hall–Kier alpha value is -1.72. The summed E-state index contributed by atoms with van der Waals surface area (Å²) < 4.78 is 5.29. The highest BCUT2D eigenvalue weighted by atomic mass is 79.9. The number of carboxylic acid groups (broad SMARTS) is 1. The molecule has 1 aromatic heterocycles. The predicted octanol–water partition coefficient (Wildman–Crippen LogP) is 4.47. The van der Waals surface area contributed by atoms with Gasteiger partial charge in [0, 0.05) is 14.7 Å². The van der Waals surface area contributed by atoms with Gasteiger partial charge in [0.1, 0.15) is 0 Å². The molecule has 0 saturated carbocycles. The third-order valence-electron chi connectivity index (χ3n) is 3.41. The minimum atomic E-state index is -0.819. The molecule has 1 unspecified atom stereocenters. The van der Waals surface area contributed by atoms with Gasteiger partial charge in [-0.2, -0.15) is 4.37 Å². The summed E-state index contributed by atoms with van der Waals surface area (Å²) in [7, 11) is 0. The van der Waals surface area contributed by atoms with E-state index in [1.807, 2.05) is 48.5 Å². The Balaban J connectivity index is 2.03. The number of aliphatic carboxylic acids is 1. The molecular formula is C16H12BrNO2S. The van der Waals surface area contributed by atoms with Crippen LogP contribution in [0.1, 0.15) is 16.4 Å². The Kier molecular flexibility index (Phi) is 4.03. The fourth-order valence-corrected chi connectivity index (χ4v) is 3.72. The number of aromatic nitrogens is 1. The highest BCUT2D eigenvalue weighted by Gasteiger charge is 2.25. The van der Waals surface area contributed by atoms with Crippen LogP contribution in [0.5, 0.6) is 0 Å². The van der Waals surface area contributed by atoms with Crippen LogP contribution in [0.3, 0.4) is 0 Å². The zero-order valence-corrected chi connectivity index (χ0v) is 13.4. The van der Waals surface area contributed by atoms with Gasteiger partial charge >= 0.3 is 5.97 Å². The van der Waals surface area contributed by atoms with E-state index in [1.165, 1.54) is 11.5 Å². The van der Waals surface area contributed by atoms with Crippen LogP contribution in [-0.4, -0.2) is 15.4 Å². The normalized spacial score (nSPS) is 12.4. The average molecular weight is 362 g/mol. The average Bonchev–Trinajstić information content (AvgIpc) is 2.90. The number of nitrogens with zero attached hydrogens (tertiary/aromatic N) is 1. The summed E-state index contributed by atoms with van der Waals surface area (Å²) >= 11 is 4.76. The largest absolute Gasteiger partial charge is 0.481 e. The second-order valence-electron chi connectivity index (χ2n) is 4.75. The fourth-order valence-electron chi connectivity index (χ4n) is 2.34. The van der Waals surface area contributed by atoms with Crippen LogP contribution in [0.4, 0.5) is 0 Å². The van der Waals surface area contributed by atoms with Crippen LogP contribution in [0, 0.1) is 0 Å². The number of halogens is 1. The van der Waals surface area contributed by atoms with E-state index >= 15 is 0 Å². The first kappa shape index (κ1) is 14.2. The molecule has 1 atom stereocenters. The third kappa shape index (κ3) is 2.84. The van der Waals surface area contributed by atoms with E-state index in [9.17, 15) is 9.90 Å². The first-order valence-corrected chi connectivity index (χ1v) is 8.04. The summed E-state index contributed by atoms with van der Waals surface area (Å²) in [6.45, 7) is 0. The zero-order valence-electron chi connectivity index (χ0n) is 11.0. The van der Waals surface area contributed by atoms with E-state index in [2.05, 4.69) is 20.3 Å². The van der Waals surface area contributed by atoms with Gasteiger partial charge in [0.25, 0.3) is 0 Å². The van der Waals surface area contributed by atoms with Crippen LogP contribution >= 0.6 is 27.5 Å². The first-order chi connectivity index (χ1) is 10.2. The Bertz CT molecular complexity index is 800. The molecule has 106 valence electrons. The summed E-state index contributed by atoms with van der Waals surface area (Å²) in [6.07, 6.45) is 0.447. The lowest BCUT2D eigenvalue weighted by Crippen LogP contribution is -2.13. The van der Waals surface area contributed by atoms with Crippen molar-refractivity contribution in [1.29, 1.82) is 0 Å². The molecule has 0 aliphatic carbocycles. The third-order valence-corrected chi connectivity index (χ3v) is 5.17. The van der Waals surface area contributed by atoms with Crippen LogP contribution in [0.25, 0.3) is 10.9 Å². The summed E-state index contributed by atoms with van der Waals surface area (Å²) in [4.78, 5) is 12.5. The number of hydrogen-bond donors (Lipinski definition) is 1. The van der Waals surface area contributed by atoms with E-state index < -0.39 is 11.9 Å². The number of fused-ring (bicyclic) bond motifs is 1. The maximum atomic E-state index is 11.7. The maximum Gasteiger partial charge on any atom is 0.312 e. The molecule has 0 fully saturated rings. The van der Waals surface area contributed by atoms with Crippen LogP contribution in [-0.2, 0) is 11.2 Å². The van der Waals surface area contributed by atoms with E-state index in [1.54, 1.807) is 0 Å². The van der Waals surface area contributed by atoms with Gasteiger partial charge in [0.05, 0.1) is 11.4 Å². The molecule has 0 saturated heterocycles. The number of rotatable bonds is 4. The van der Waals surface area contributed by atoms with Crippen molar-refractivity contribution >= 4 is 44.3 Å². The van der Waals surface area contributed by atoms with Crippen molar-refractivity contribution in [1.82, 2.24) is 4.37 Å². The van der Waals surface area contributed by atoms with Crippen molar-refractivity contribution in [3.05, 3.63) is 63.4 Å². The molecule has 0 radical (unpaired) electrons. The maximum absolute atomic E-state index is 11.7. The Morgan fingerprint density at radius 1 is 1.19 bits per heavy atom. The topological polar surface area (TPSA) is 50.2 Å². The van der Waals surface area contributed by atoms with Crippen molar-refractivity contribution < 1.29 is 9.90 Å². The molecule has 0 amide bonds. The molecular weight excluding hydrogens is 350 g/mol. The van der Waals surface area contributed by atoms with E-state index in [0.717, 1.165) is 25.8 Å². The molecule has 1 N–H and O–H groups in total. The molecule has 2 aromatic carbocycles. The molecule has 3 rings (SSSR count). The van der Waals surface area contributed by atoms with Crippen molar-refractivity contribution in [2.45, 2.75) is 12.3 Å². The van der Waals surface area contributed by atoms with Crippen molar-refractivity contribution in [2.75, 3.05) is 0 Å². The van der Waals surface area contributed by atoms with E-state index in [4.69, 9.17) is 0 Å². The Labute approximate surface area is 134 Å². The summed E-state index contributed by atoms with van der Waals surface area (Å²) in [6, 6.07) is 15.4.